The molecule has 0 heterocycles. The van der Waals surface area contributed by atoms with Crippen LogP contribution in [0.15, 0.2) is 24.3 Å². The Balaban J connectivity index is 2.37. The molecule has 0 aliphatic heterocycles. The van der Waals surface area contributed by atoms with Crippen LogP contribution in [0.1, 0.15) is 23.7 Å². The van der Waals surface area contributed by atoms with E-state index in [-0.39, 0.29) is 12.1 Å². The number of fused-ring (bicyclic) bond motifs is 1. The molecule has 0 amide bonds. The van der Waals surface area contributed by atoms with Gasteiger partial charge in [0, 0.05) is 13.2 Å². The van der Waals surface area contributed by atoms with Gasteiger partial charge >= 0.3 is 0 Å². The molecule has 0 spiro atoms. The molecule has 0 radical (unpaired) electrons. The minimum absolute atomic E-state index is 0.194. The molecule has 2 nitrogen and oxygen atoms in total. The van der Waals surface area contributed by atoms with Gasteiger partial charge in [-0.15, -0.1) is 0 Å². The van der Waals surface area contributed by atoms with Crippen LogP contribution in [-0.2, 0) is 11.2 Å². The van der Waals surface area contributed by atoms with Crippen LogP contribution in [0.4, 0.5) is 0 Å². The molecule has 70 valence electrons. The Bertz CT molecular complexity index is 298. The van der Waals surface area contributed by atoms with Crippen LogP contribution in [0.25, 0.3) is 0 Å². The third-order valence-electron chi connectivity index (χ3n) is 2.69. The quantitative estimate of drug-likeness (QED) is 0.708. The zero-order chi connectivity index (χ0) is 9.26. The second-order valence-electron chi connectivity index (χ2n) is 3.62. The summed E-state index contributed by atoms with van der Waals surface area (Å²) in [4.78, 5) is 0. The molecule has 13 heavy (non-hydrogen) atoms. The second-order valence-corrected chi connectivity index (χ2v) is 3.62. The molecular formula is C11H15NO. The maximum atomic E-state index is 5.94. The minimum Gasteiger partial charge on any atom is -0.377 e. The molecule has 1 aromatic rings. The first-order valence-corrected chi connectivity index (χ1v) is 4.67. The van der Waals surface area contributed by atoms with Crippen LogP contribution in [0.2, 0.25) is 0 Å². The lowest BCUT2D eigenvalue weighted by Gasteiger charge is -2.28. The highest BCUT2D eigenvalue weighted by atomic mass is 16.5. The molecule has 0 saturated carbocycles. The lowest BCUT2D eigenvalue weighted by atomic mass is 9.86. The number of nitrogens with two attached hydrogens (primary N) is 1. The highest BCUT2D eigenvalue weighted by molar-refractivity contribution is 5.32. The van der Waals surface area contributed by atoms with Gasteiger partial charge in [0.2, 0.25) is 0 Å². The van der Waals surface area contributed by atoms with E-state index in [1.807, 2.05) is 0 Å². The molecular weight excluding hydrogens is 162 g/mol. The van der Waals surface area contributed by atoms with Crippen molar-refractivity contribution in [3.63, 3.8) is 0 Å². The fourth-order valence-electron chi connectivity index (χ4n) is 2.03. The Kier molecular flexibility index (Phi) is 2.34. The largest absolute Gasteiger partial charge is 0.377 e. The first-order valence-electron chi connectivity index (χ1n) is 4.67. The van der Waals surface area contributed by atoms with Crippen molar-refractivity contribution < 1.29 is 4.74 Å². The summed E-state index contributed by atoms with van der Waals surface area (Å²) in [6, 6.07) is 8.64. The summed E-state index contributed by atoms with van der Waals surface area (Å²) in [5.41, 5.74) is 8.59. The lowest BCUT2D eigenvalue weighted by molar-refractivity contribution is 0.0828. The van der Waals surface area contributed by atoms with Gasteiger partial charge in [-0.2, -0.15) is 0 Å². The maximum Gasteiger partial charge on any atom is 0.0838 e. The Morgan fingerprint density at radius 3 is 2.92 bits per heavy atom. The maximum absolute atomic E-state index is 5.94. The summed E-state index contributed by atoms with van der Waals surface area (Å²) in [5, 5.41) is 0. The fraction of sp³-hybridized carbons (Fsp3) is 0.455. The van der Waals surface area contributed by atoms with Gasteiger partial charge in [0.1, 0.15) is 0 Å². The van der Waals surface area contributed by atoms with Gasteiger partial charge in [0.25, 0.3) is 0 Å². The van der Waals surface area contributed by atoms with Crippen LogP contribution in [-0.4, -0.2) is 13.2 Å². The normalized spacial score (nSPS) is 26.9. The minimum atomic E-state index is 0.194. The van der Waals surface area contributed by atoms with Gasteiger partial charge in [0.15, 0.2) is 0 Å². The number of rotatable bonds is 1. The van der Waals surface area contributed by atoms with Crippen molar-refractivity contribution in [2.75, 3.05) is 7.11 Å². The summed E-state index contributed by atoms with van der Waals surface area (Å²) in [5.74, 6) is 0. The summed E-state index contributed by atoms with van der Waals surface area (Å²) >= 11 is 0. The number of methoxy groups -OCH3 is 1. The van der Waals surface area contributed by atoms with Gasteiger partial charge in [0.05, 0.1) is 6.10 Å². The van der Waals surface area contributed by atoms with Crippen LogP contribution in [0, 0.1) is 0 Å². The molecule has 1 aliphatic rings. The van der Waals surface area contributed by atoms with Crippen LogP contribution < -0.4 is 5.73 Å². The molecule has 0 unspecified atom stereocenters. The Labute approximate surface area is 78.7 Å². The van der Waals surface area contributed by atoms with Crippen molar-refractivity contribution in [3.8, 4) is 0 Å². The van der Waals surface area contributed by atoms with Crippen LogP contribution >= 0.6 is 0 Å². The van der Waals surface area contributed by atoms with Crippen molar-refractivity contribution in [1.82, 2.24) is 0 Å². The Hall–Kier alpha value is -0.860. The predicted molar refractivity (Wildman–Crippen MR) is 52.5 cm³/mol. The first-order chi connectivity index (χ1) is 6.31. The summed E-state index contributed by atoms with van der Waals surface area (Å²) in [6.07, 6.45) is 2.11. The lowest BCUT2D eigenvalue weighted by Crippen LogP contribution is -2.30. The van der Waals surface area contributed by atoms with Crippen LogP contribution in [0.5, 0.6) is 0 Å². The first kappa shape index (κ1) is 8.73. The van der Waals surface area contributed by atoms with E-state index in [1.165, 1.54) is 11.1 Å². The zero-order valence-electron chi connectivity index (χ0n) is 7.86. The molecule has 0 fully saturated rings. The van der Waals surface area contributed by atoms with E-state index in [2.05, 4.69) is 24.3 Å². The van der Waals surface area contributed by atoms with Crippen molar-refractivity contribution in [3.05, 3.63) is 35.4 Å². The molecule has 0 saturated heterocycles. The van der Waals surface area contributed by atoms with Gasteiger partial charge in [-0.25, -0.2) is 0 Å². The van der Waals surface area contributed by atoms with Crippen molar-refractivity contribution in [1.29, 1.82) is 0 Å². The zero-order valence-corrected chi connectivity index (χ0v) is 7.86. The highest BCUT2D eigenvalue weighted by Crippen LogP contribution is 2.30. The van der Waals surface area contributed by atoms with Gasteiger partial charge in [-0.05, 0) is 24.0 Å². The number of hydrogen-bond acceptors (Lipinski definition) is 2. The van der Waals surface area contributed by atoms with E-state index < -0.39 is 0 Å². The van der Waals surface area contributed by atoms with Gasteiger partial charge < -0.3 is 10.5 Å². The van der Waals surface area contributed by atoms with Crippen molar-refractivity contribution in [2.24, 2.45) is 5.73 Å². The molecule has 2 atom stereocenters. The molecule has 2 N–H and O–H groups in total. The molecule has 0 aromatic heterocycles. The summed E-state index contributed by atoms with van der Waals surface area (Å²) in [7, 11) is 1.75. The van der Waals surface area contributed by atoms with E-state index in [1.54, 1.807) is 7.11 Å². The summed E-state index contributed by atoms with van der Waals surface area (Å²) in [6.45, 7) is 0. The topological polar surface area (TPSA) is 35.2 Å². The van der Waals surface area contributed by atoms with Crippen molar-refractivity contribution in [2.45, 2.75) is 25.0 Å². The monoisotopic (exact) mass is 177 g/mol. The highest BCUT2D eigenvalue weighted by Gasteiger charge is 2.23. The predicted octanol–water partition coefficient (Wildman–Crippen LogP) is 1.65. The average Bonchev–Trinajstić information content (AvgIpc) is 2.16. The summed E-state index contributed by atoms with van der Waals surface area (Å²) < 4.78 is 5.41. The molecule has 2 heteroatoms. The Morgan fingerprint density at radius 2 is 2.15 bits per heavy atom. The smallest absolute Gasteiger partial charge is 0.0838 e. The van der Waals surface area contributed by atoms with Gasteiger partial charge in [-0.3, -0.25) is 0 Å². The Morgan fingerprint density at radius 1 is 1.38 bits per heavy atom. The third-order valence-corrected chi connectivity index (χ3v) is 2.69. The standard InChI is InChI=1S/C11H15NO/c1-13-11-7-9(12)6-8-4-2-3-5-10(8)11/h2-5,9,11H,6-7,12H2,1H3/t9-,11+/m0/s1. The van der Waals surface area contributed by atoms with E-state index in [0.29, 0.717) is 0 Å². The molecule has 1 aliphatic carbocycles. The number of ether oxygens (including phenoxy) is 1. The van der Waals surface area contributed by atoms with Gasteiger partial charge in [-0.1, -0.05) is 24.3 Å². The van der Waals surface area contributed by atoms with Crippen LogP contribution in [0.3, 0.4) is 0 Å². The van der Waals surface area contributed by atoms with E-state index in [4.69, 9.17) is 10.5 Å². The van der Waals surface area contributed by atoms with E-state index in [0.717, 1.165) is 12.8 Å². The molecule has 1 aromatic carbocycles. The van der Waals surface area contributed by atoms with E-state index in [9.17, 15) is 0 Å². The fourth-order valence-corrected chi connectivity index (χ4v) is 2.03. The number of hydrogen-bond donors (Lipinski definition) is 1. The SMILES string of the molecule is CO[C@@H]1C[C@@H](N)Cc2ccccc21. The van der Waals surface area contributed by atoms with E-state index >= 15 is 0 Å². The molecule has 2 rings (SSSR count). The average molecular weight is 177 g/mol. The number of benzene rings is 1. The third kappa shape index (κ3) is 1.60. The molecule has 0 bridgehead atoms. The second kappa shape index (κ2) is 3.48. The van der Waals surface area contributed by atoms with Crippen molar-refractivity contribution >= 4 is 0 Å².